The van der Waals surface area contributed by atoms with Gasteiger partial charge in [-0.2, -0.15) is 4.99 Å². The molecule has 0 saturated carbocycles. The van der Waals surface area contributed by atoms with Gasteiger partial charge in [-0.1, -0.05) is 39.3 Å². The highest BCUT2D eigenvalue weighted by Gasteiger charge is 2.12. The van der Waals surface area contributed by atoms with E-state index in [0.717, 1.165) is 20.9 Å². The fourth-order valence-corrected chi connectivity index (χ4v) is 4.63. The Morgan fingerprint density at radius 1 is 1.31 bits per heavy atom. The van der Waals surface area contributed by atoms with Gasteiger partial charge in [0.2, 0.25) is 0 Å². The minimum Gasteiger partial charge on any atom is -0.305 e. The highest BCUT2D eigenvalue weighted by Crippen LogP contribution is 2.22. The maximum Gasteiger partial charge on any atom is 0.279 e. The first-order valence-electron chi connectivity index (χ1n) is 7.41. The van der Waals surface area contributed by atoms with Crippen molar-refractivity contribution in [1.29, 1.82) is 0 Å². The number of fused-ring (bicyclic) bond motifs is 1. The molecule has 0 saturated heterocycles. The first-order chi connectivity index (χ1) is 12.3. The van der Waals surface area contributed by atoms with Gasteiger partial charge in [0.15, 0.2) is 14.6 Å². The van der Waals surface area contributed by atoms with Crippen molar-refractivity contribution in [2.45, 2.75) is 11.4 Å². The minimum atomic E-state index is -3.40. The summed E-state index contributed by atoms with van der Waals surface area (Å²) < 4.78 is 27.0. The van der Waals surface area contributed by atoms with Gasteiger partial charge in [-0.15, -0.1) is 6.42 Å². The first kappa shape index (κ1) is 18.6. The zero-order valence-electron chi connectivity index (χ0n) is 13.6. The normalized spacial score (nSPS) is 12.3. The van der Waals surface area contributed by atoms with Gasteiger partial charge in [-0.3, -0.25) is 4.79 Å². The zero-order valence-corrected chi connectivity index (χ0v) is 16.9. The Balaban J connectivity index is 2.14. The van der Waals surface area contributed by atoms with E-state index >= 15 is 0 Å². The molecule has 0 bridgehead atoms. The van der Waals surface area contributed by atoms with Crippen molar-refractivity contribution < 1.29 is 13.2 Å². The highest BCUT2D eigenvalue weighted by atomic mass is 79.9. The van der Waals surface area contributed by atoms with Gasteiger partial charge < -0.3 is 4.57 Å². The number of terminal acetylenes is 1. The number of hydrogen-bond acceptors (Lipinski definition) is 4. The van der Waals surface area contributed by atoms with Crippen LogP contribution < -0.4 is 4.80 Å². The first-order valence-corrected chi connectivity index (χ1v) is 10.9. The molecule has 0 aliphatic heterocycles. The van der Waals surface area contributed by atoms with Crippen LogP contribution in [0.1, 0.15) is 10.4 Å². The van der Waals surface area contributed by atoms with E-state index < -0.39 is 15.7 Å². The smallest absolute Gasteiger partial charge is 0.279 e. The maximum absolute atomic E-state index is 12.6. The number of thiazole rings is 1. The van der Waals surface area contributed by atoms with Crippen LogP contribution in [0.2, 0.25) is 0 Å². The molecule has 0 atom stereocenters. The minimum absolute atomic E-state index is 0.0790. The summed E-state index contributed by atoms with van der Waals surface area (Å²) in [5, 5.41) is 0. The van der Waals surface area contributed by atoms with Gasteiger partial charge in [-0.05, 0) is 36.4 Å². The fourth-order valence-electron chi connectivity index (χ4n) is 2.39. The third kappa shape index (κ3) is 3.80. The number of benzene rings is 2. The molecule has 0 unspecified atom stereocenters. The third-order valence-corrected chi connectivity index (χ3v) is 6.25. The Morgan fingerprint density at radius 3 is 2.77 bits per heavy atom. The molecule has 3 rings (SSSR count). The molecule has 2 aromatic carbocycles. The van der Waals surface area contributed by atoms with Gasteiger partial charge in [0.25, 0.3) is 5.91 Å². The van der Waals surface area contributed by atoms with Crippen molar-refractivity contribution in [3.8, 4) is 12.3 Å². The second-order valence-electron chi connectivity index (χ2n) is 5.50. The van der Waals surface area contributed by atoms with Crippen molar-refractivity contribution in [2.75, 3.05) is 6.26 Å². The Morgan fingerprint density at radius 2 is 2.08 bits per heavy atom. The molecule has 0 N–H and O–H groups in total. The Hall–Kier alpha value is -2.21. The van der Waals surface area contributed by atoms with E-state index in [-0.39, 0.29) is 17.0 Å². The molecular formula is C18H13BrN2O3S2. The molecule has 132 valence electrons. The van der Waals surface area contributed by atoms with E-state index in [1.54, 1.807) is 4.57 Å². The van der Waals surface area contributed by atoms with Crippen LogP contribution >= 0.6 is 27.3 Å². The van der Waals surface area contributed by atoms with Crippen molar-refractivity contribution >= 4 is 53.2 Å². The number of sulfone groups is 1. The lowest BCUT2D eigenvalue weighted by Crippen LogP contribution is -2.16. The fraction of sp³-hybridized carbons (Fsp3) is 0.111. The summed E-state index contributed by atoms with van der Waals surface area (Å²) in [6.07, 6.45) is 6.55. The van der Waals surface area contributed by atoms with Crippen molar-refractivity contribution in [3.05, 3.63) is 57.3 Å². The van der Waals surface area contributed by atoms with Gasteiger partial charge in [-0.25, -0.2) is 8.42 Å². The molecule has 3 aromatic rings. The molecule has 1 heterocycles. The second-order valence-corrected chi connectivity index (χ2v) is 9.44. The van der Waals surface area contributed by atoms with E-state index in [1.165, 1.54) is 35.6 Å². The predicted octanol–water partition coefficient (Wildman–Crippen LogP) is 3.24. The molecular weight excluding hydrogens is 436 g/mol. The third-order valence-electron chi connectivity index (χ3n) is 3.60. The van der Waals surface area contributed by atoms with Crippen LogP contribution in [0.15, 0.2) is 56.8 Å². The summed E-state index contributed by atoms with van der Waals surface area (Å²) in [5.74, 6) is 2.05. The number of rotatable bonds is 3. The molecule has 26 heavy (non-hydrogen) atoms. The van der Waals surface area contributed by atoms with Crippen LogP contribution in [0.5, 0.6) is 0 Å². The number of carbonyl (C=O) groups excluding carboxylic acids is 1. The van der Waals surface area contributed by atoms with Gasteiger partial charge >= 0.3 is 0 Å². The zero-order chi connectivity index (χ0) is 18.9. The van der Waals surface area contributed by atoms with Crippen LogP contribution in [-0.4, -0.2) is 25.1 Å². The molecule has 1 aromatic heterocycles. The summed E-state index contributed by atoms with van der Waals surface area (Å²) in [6.45, 7) is 0.275. The van der Waals surface area contributed by atoms with Gasteiger partial charge in [0, 0.05) is 16.3 Å². The van der Waals surface area contributed by atoms with E-state index in [2.05, 4.69) is 26.8 Å². The number of halogens is 1. The maximum atomic E-state index is 12.6. The molecule has 0 fully saturated rings. The summed E-state index contributed by atoms with van der Waals surface area (Å²) in [6, 6.07) is 11.6. The van der Waals surface area contributed by atoms with Crippen LogP contribution in [0.25, 0.3) is 10.2 Å². The van der Waals surface area contributed by atoms with Crippen LogP contribution in [0.4, 0.5) is 0 Å². The largest absolute Gasteiger partial charge is 0.305 e. The number of hydrogen-bond donors (Lipinski definition) is 0. The summed E-state index contributed by atoms with van der Waals surface area (Å²) in [7, 11) is -3.40. The molecule has 0 aliphatic rings. The Bertz CT molecular complexity index is 1230. The Kier molecular flexibility index (Phi) is 5.14. The second kappa shape index (κ2) is 7.19. The summed E-state index contributed by atoms with van der Waals surface area (Å²) in [4.78, 5) is 17.3. The van der Waals surface area contributed by atoms with Crippen LogP contribution in [0, 0.1) is 12.3 Å². The van der Waals surface area contributed by atoms with Gasteiger partial charge in [0.05, 0.1) is 21.7 Å². The number of nitrogens with zero attached hydrogens (tertiary/aromatic N) is 2. The quantitative estimate of drug-likeness (QED) is 0.577. The van der Waals surface area contributed by atoms with Crippen molar-refractivity contribution in [2.24, 2.45) is 4.99 Å². The Labute approximate surface area is 163 Å². The lowest BCUT2D eigenvalue weighted by molar-refractivity contribution is 0.0997. The molecule has 0 radical (unpaired) electrons. The number of carbonyl (C=O) groups is 1. The van der Waals surface area contributed by atoms with Crippen LogP contribution in [0.3, 0.4) is 0 Å². The molecule has 0 spiro atoms. The van der Waals surface area contributed by atoms with Crippen LogP contribution in [-0.2, 0) is 16.4 Å². The summed E-state index contributed by atoms with van der Waals surface area (Å²) >= 11 is 4.76. The lowest BCUT2D eigenvalue weighted by Gasteiger charge is -2.01. The molecule has 8 heteroatoms. The van der Waals surface area contributed by atoms with Crippen molar-refractivity contribution in [1.82, 2.24) is 4.57 Å². The van der Waals surface area contributed by atoms with E-state index in [4.69, 9.17) is 6.42 Å². The van der Waals surface area contributed by atoms with Gasteiger partial charge in [0.1, 0.15) is 0 Å². The topological polar surface area (TPSA) is 68.5 Å². The average Bonchev–Trinajstić information content (AvgIpc) is 2.91. The average molecular weight is 449 g/mol. The standard InChI is InChI=1S/C18H13BrN2O3S2/c1-3-9-21-15-8-7-13(19)11-16(15)25-18(21)20-17(22)12-5-4-6-14(10-12)26(2,23)24/h1,4-8,10-11H,9H2,2H3. The lowest BCUT2D eigenvalue weighted by atomic mass is 10.2. The van der Waals surface area contributed by atoms with E-state index in [1.807, 2.05) is 18.2 Å². The molecule has 5 nitrogen and oxygen atoms in total. The number of aromatic nitrogens is 1. The number of amides is 1. The van der Waals surface area contributed by atoms with E-state index in [9.17, 15) is 13.2 Å². The van der Waals surface area contributed by atoms with E-state index in [0.29, 0.717) is 4.80 Å². The molecule has 1 amide bonds. The monoisotopic (exact) mass is 448 g/mol. The molecule has 0 aliphatic carbocycles. The summed E-state index contributed by atoms with van der Waals surface area (Å²) in [5.41, 5.74) is 1.09. The SMILES string of the molecule is C#CCn1c(=NC(=O)c2cccc(S(C)(=O)=O)c2)sc2cc(Br)ccc21. The van der Waals surface area contributed by atoms with Crippen molar-refractivity contribution in [3.63, 3.8) is 0 Å². The highest BCUT2D eigenvalue weighted by molar-refractivity contribution is 9.10. The predicted molar refractivity (Wildman–Crippen MR) is 106 cm³/mol.